The fourth-order valence-electron chi connectivity index (χ4n) is 1.15. The van der Waals surface area contributed by atoms with Gasteiger partial charge in [-0.05, 0) is 25.7 Å². The van der Waals surface area contributed by atoms with Crippen molar-refractivity contribution in [3.63, 3.8) is 0 Å². The molecule has 1 rings (SSSR count). The van der Waals surface area contributed by atoms with Crippen LogP contribution in [0.15, 0.2) is 0 Å². The van der Waals surface area contributed by atoms with E-state index < -0.39 is 10.2 Å². The monoisotopic (exact) mass is 257 g/mol. The standard InChI is InChI=1S/C8H19N3O2S.ClH/c1-7(5-9)10-14(12,13)11(2)6-8-3-4-8;/h7-8,10H,3-6,9H2,1-2H3;1H/t7-;/m1./s1. The molecule has 0 aromatic heterocycles. The van der Waals surface area contributed by atoms with Gasteiger partial charge in [-0.2, -0.15) is 17.4 Å². The van der Waals surface area contributed by atoms with Gasteiger partial charge in [-0.3, -0.25) is 0 Å². The highest BCUT2D eigenvalue weighted by Gasteiger charge is 2.28. The summed E-state index contributed by atoms with van der Waals surface area (Å²) in [6.07, 6.45) is 2.29. The van der Waals surface area contributed by atoms with E-state index in [-0.39, 0.29) is 18.4 Å². The SMILES string of the molecule is C[C@H](CN)NS(=O)(=O)N(C)CC1CC1.Cl. The van der Waals surface area contributed by atoms with E-state index >= 15 is 0 Å². The first-order valence-corrected chi connectivity index (χ1v) is 6.33. The van der Waals surface area contributed by atoms with Gasteiger partial charge in [0.2, 0.25) is 0 Å². The number of nitrogens with two attached hydrogens (primary N) is 1. The van der Waals surface area contributed by atoms with Gasteiger partial charge in [0.15, 0.2) is 0 Å². The van der Waals surface area contributed by atoms with Gasteiger partial charge in [0.25, 0.3) is 10.2 Å². The Kier molecular flexibility index (Phi) is 6.05. The molecule has 92 valence electrons. The van der Waals surface area contributed by atoms with Crippen LogP contribution in [0.3, 0.4) is 0 Å². The molecule has 0 bridgehead atoms. The summed E-state index contributed by atoms with van der Waals surface area (Å²) in [5.41, 5.74) is 5.35. The molecule has 1 fully saturated rings. The Morgan fingerprint density at radius 1 is 1.53 bits per heavy atom. The highest BCUT2D eigenvalue weighted by atomic mass is 35.5. The Morgan fingerprint density at radius 3 is 2.47 bits per heavy atom. The molecule has 0 aromatic rings. The van der Waals surface area contributed by atoms with Crippen molar-refractivity contribution in [3.8, 4) is 0 Å². The van der Waals surface area contributed by atoms with Crippen LogP contribution in [0.2, 0.25) is 0 Å². The van der Waals surface area contributed by atoms with Crippen molar-refractivity contribution in [2.24, 2.45) is 11.7 Å². The van der Waals surface area contributed by atoms with E-state index in [2.05, 4.69) is 4.72 Å². The highest BCUT2D eigenvalue weighted by Crippen LogP contribution is 2.29. The molecular formula is C8H20ClN3O2S. The van der Waals surface area contributed by atoms with Crippen molar-refractivity contribution < 1.29 is 8.42 Å². The summed E-state index contributed by atoms with van der Waals surface area (Å²) in [5, 5.41) is 0. The van der Waals surface area contributed by atoms with Gasteiger partial charge in [-0.25, -0.2) is 0 Å². The Balaban J connectivity index is 0.00000196. The highest BCUT2D eigenvalue weighted by molar-refractivity contribution is 7.87. The number of nitrogens with zero attached hydrogens (tertiary/aromatic N) is 1. The maximum absolute atomic E-state index is 11.6. The lowest BCUT2D eigenvalue weighted by Gasteiger charge is -2.20. The van der Waals surface area contributed by atoms with Crippen molar-refractivity contribution in [1.29, 1.82) is 0 Å². The third kappa shape index (κ3) is 5.12. The Hall–Kier alpha value is 0.120. The van der Waals surface area contributed by atoms with E-state index in [0.717, 1.165) is 12.8 Å². The van der Waals surface area contributed by atoms with E-state index in [1.807, 2.05) is 0 Å². The average Bonchev–Trinajstić information content (AvgIpc) is 2.87. The van der Waals surface area contributed by atoms with E-state index in [1.165, 1.54) is 4.31 Å². The van der Waals surface area contributed by atoms with E-state index in [4.69, 9.17) is 5.73 Å². The summed E-state index contributed by atoms with van der Waals surface area (Å²) in [7, 11) is -1.72. The van der Waals surface area contributed by atoms with E-state index in [0.29, 0.717) is 19.0 Å². The molecule has 0 spiro atoms. The molecule has 1 aliphatic carbocycles. The second kappa shape index (κ2) is 6.00. The first kappa shape index (κ1) is 15.1. The molecule has 15 heavy (non-hydrogen) atoms. The number of rotatable bonds is 6. The third-order valence-electron chi connectivity index (χ3n) is 2.33. The van der Waals surface area contributed by atoms with Gasteiger partial charge in [0.1, 0.15) is 0 Å². The van der Waals surface area contributed by atoms with Crippen LogP contribution in [-0.4, -0.2) is 38.9 Å². The maximum atomic E-state index is 11.6. The zero-order chi connectivity index (χ0) is 10.8. The smallest absolute Gasteiger partial charge is 0.279 e. The largest absolute Gasteiger partial charge is 0.329 e. The van der Waals surface area contributed by atoms with E-state index in [1.54, 1.807) is 14.0 Å². The van der Waals surface area contributed by atoms with Crippen molar-refractivity contribution in [3.05, 3.63) is 0 Å². The Bertz CT molecular complexity index is 280. The number of hydrogen-bond donors (Lipinski definition) is 2. The molecule has 0 heterocycles. The van der Waals surface area contributed by atoms with Crippen LogP contribution in [0.5, 0.6) is 0 Å². The summed E-state index contributed by atoms with van der Waals surface area (Å²) in [4.78, 5) is 0. The Labute approximate surface area is 98.0 Å². The minimum Gasteiger partial charge on any atom is -0.329 e. The molecule has 5 nitrogen and oxygen atoms in total. The summed E-state index contributed by atoms with van der Waals surface area (Å²) in [6.45, 7) is 2.69. The summed E-state index contributed by atoms with van der Waals surface area (Å²) in [5.74, 6) is 0.560. The average molecular weight is 258 g/mol. The lowest BCUT2D eigenvalue weighted by atomic mass is 10.4. The third-order valence-corrected chi connectivity index (χ3v) is 4.00. The predicted octanol–water partition coefficient (Wildman–Crippen LogP) is -0.0684. The fraction of sp³-hybridized carbons (Fsp3) is 1.00. The molecule has 0 unspecified atom stereocenters. The van der Waals surface area contributed by atoms with Crippen molar-refractivity contribution in [2.45, 2.75) is 25.8 Å². The van der Waals surface area contributed by atoms with Crippen LogP contribution in [0.25, 0.3) is 0 Å². The van der Waals surface area contributed by atoms with Gasteiger partial charge in [0.05, 0.1) is 0 Å². The van der Waals surface area contributed by atoms with Crippen LogP contribution in [0, 0.1) is 5.92 Å². The fourth-order valence-corrected chi connectivity index (χ4v) is 2.35. The van der Waals surface area contributed by atoms with Crippen LogP contribution < -0.4 is 10.5 Å². The molecule has 1 aliphatic rings. The zero-order valence-electron chi connectivity index (χ0n) is 9.14. The van der Waals surface area contributed by atoms with Crippen LogP contribution in [0.1, 0.15) is 19.8 Å². The summed E-state index contributed by atoms with van der Waals surface area (Å²) >= 11 is 0. The van der Waals surface area contributed by atoms with Gasteiger partial charge in [-0.15, -0.1) is 12.4 Å². The van der Waals surface area contributed by atoms with Crippen LogP contribution >= 0.6 is 12.4 Å². The van der Waals surface area contributed by atoms with Gasteiger partial charge in [-0.1, -0.05) is 0 Å². The second-order valence-corrected chi connectivity index (χ2v) is 5.79. The van der Waals surface area contributed by atoms with E-state index in [9.17, 15) is 8.42 Å². The summed E-state index contributed by atoms with van der Waals surface area (Å²) in [6, 6.07) is -0.207. The molecule has 0 aliphatic heterocycles. The van der Waals surface area contributed by atoms with Gasteiger partial charge < -0.3 is 5.73 Å². The molecule has 7 heteroatoms. The second-order valence-electron chi connectivity index (χ2n) is 3.98. The Morgan fingerprint density at radius 2 is 2.07 bits per heavy atom. The predicted molar refractivity (Wildman–Crippen MR) is 63.2 cm³/mol. The molecule has 0 radical (unpaired) electrons. The molecule has 3 N–H and O–H groups in total. The zero-order valence-corrected chi connectivity index (χ0v) is 10.8. The first-order valence-electron chi connectivity index (χ1n) is 4.89. The molecule has 0 saturated heterocycles. The molecule has 1 atom stereocenters. The first-order chi connectivity index (χ1) is 6.45. The van der Waals surface area contributed by atoms with Gasteiger partial charge >= 0.3 is 0 Å². The van der Waals surface area contributed by atoms with Crippen molar-refractivity contribution >= 4 is 22.6 Å². The lowest BCUT2D eigenvalue weighted by Crippen LogP contribution is -2.45. The normalized spacial score (nSPS) is 18.7. The van der Waals surface area contributed by atoms with Crippen molar-refractivity contribution in [1.82, 2.24) is 9.03 Å². The molecule has 0 aromatic carbocycles. The maximum Gasteiger partial charge on any atom is 0.279 e. The minimum atomic E-state index is -3.32. The van der Waals surface area contributed by atoms with Crippen molar-refractivity contribution in [2.75, 3.05) is 20.1 Å². The number of hydrogen-bond acceptors (Lipinski definition) is 3. The van der Waals surface area contributed by atoms with Crippen LogP contribution in [-0.2, 0) is 10.2 Å². The van der Waals surface area contributed by atoms with Gasteiger partial charge in [0, 0.05) is 26.2 Å². The quantitative estimate of drug-likeness (QED) is 0.700. The minimum absolute atomic E-state index is 0. The number of halogens is 1. The molecular weight excluding hydrogens is 238 g/mol. The van der Waals surface area contributed by atoms with Crippen LogP contribution in [0.4, 0.5) is 0 Å². The number of nitrogens with one attached hydrogen (secondary N) is 1. The topological polar surface area (TPSA) is 75.4 Å². The molecule has 1 saturated carbocycles. The lowest BCUT2D eigenvalue weighted by molar-refractivity contribution is 0.436. The summed E-state index contributed by atoms with van der Waals surface area (Å²) < 4.78 is 27.1. The molecule has 0 amide bonds.